The van der Waals surface area contributed by atoms with Gasteiger partial charge >= 0.3 is 0 Å². The summed E-state index contributed by atoms with van der Waals surface area (Å²) in [5.74, 6) is 0.490. The van der Waals surface area contributed by atoms with E-state index in [0.717, 1.165) is 50.3 Å². The molecule has 0 unspecified atom stereocenters. The zero-order valence-corrected chi connectivity index (χ0v) is 15.6. The van der Waals surface area contributed by atoms with Crippen molar-refractivity contribution in [2.75, 3.05) is 31.6 Å². The minimum absolute atomic E-state index is 0.303. The topological polar surface area (TPSA) is 50.3 Å². The quantitative estimate of drug-likeness (QED) is 0.840. The number of anilines is 1. The number of nitrogens with one attached hydrogen (secondary N) is 1. The number of benzene rings is 1. The fourth-order valence-electron chi connectivity index (χ4n) is 3.89. The second-order valence-electron chi connectivity index (χ2n) is 6.80. The molecular formula is C18H22BrFN4O. The van der Waals surface area contributed by atoms with Crippen molar-refractivity contribution in [3.63, 3.8) is 0 Å². The molecule has 0 spiro atoms. The summed E-state index contributed by atoms with van der Waals surface area (Å²) in [7, 11) is 0. The molecule has 1 aromatic heterocycles. The lowest BCUT2D eigenvalue weighted by atomic mass is 9.90. The third-order valence-corrected chi connectivity index (χ3v) is 5.88. The number of rotatable bonds is 3. The minimum atomic E-state index is -0.303. The first-order chi connectivity index (χ1) is 12.2. The smallest absolute Gasteiger partial charge is 0.139 e. The lowest BCUT2D eigenvalue weighted by Crippen LogP contribution is -2.46. The highest BCUT2D eigenvalue weighted by Crippen LogP contribution is 2.30. The SMILES string of the molecule is Fc1cc2ncnc(NC3CCC(N4CCOCC4)CC3)c2cc1Br. The molecule has 1 saturated carbocycles. The van der Waals surface area contributed by atoms with Crippen LogP contribution in [-0.4, -0.2) is 53.3 Å². The fourth-order valence-corrected chi connectivity index (χ4v) is 4.23. The summed E-state index contributed by atoms with van der Waals surface area (Å²) in [6, 6.07) is 4.28. The molecule has 0 amide bonds. The molecule has 1 saturated heterocycles. The highest BCUT2D eigenvalue weighted by atomic mass is 79.9. The van der Waals surface area contributed by atoms with Gasteiger partial charge in [0.05, 0.1) is 23.2 Å². The maximum Gasteiger partial charge on any atom is 0.139 e. The monoisotopic (exact) mass is 408 g/mol. The summed E-state index contributed by atoms with van der Waals surface area (Å²) < 4.78 is 19.6. The Morgan fingerprint density at radius 2 is 1.88 bits per heavy atom. The van der Waals surface area contributed by atoms with Crippen LogP contribution in [0.4, 0.5) is 10.2 Å². The van der Waals surface area contributed by atoms with E-state index in [9.17, 15) is 4.39 Å². The van der Waals surface area contributed by atoms with Gasteiger partial charge in [-0.05, 0) is 47.7 Å². The van der Waals surface area contributed by atoms with E-state index in [2.05, 4.69) is 36.1 Å². The molecule has 1 aliphatic carbocycles. The third kappa shape index (κ3) is 3.78. The molecule has 134 valence electrons. The van der Waals surface area contributed by atoms with Crippen LogP contribution >= 0.6 is 15.9 Å². The Morgan fingerprint density at radius 3 is 2.64 bits per heavy atom. The molecule has 1 aliphatic heterocycles. The molecule has 0 radical (unpaired) electrons. The van der Waals surface area contributed by atoms with Crippen LogP contribution in [0.25, 0.3) is 10.9 Å². The second kappa shape index (κ2) is 7.51. The van der Waals surface area contributed by atoms with Gasteiger partial charge in [-0.1, -0.05) is 0 Å². The minimum Gasteiger partial charge on any atom is -0.379 e. The largest absolute Gasteiger partial charge is 0.379 e. The maximum absolute atomic E-state index is 13.7. The number of morpholine rings is 1. The maximum atomic E-state index is 13.7. The number of hydrogen-bond donors (Lipinski definition) is 1. The molecular weight excluding hydrogens is 387 g/mol. The van der Waals surface area contributed by atoms with Gasteiger partial charge in [0.2, 0.25) is 0 Å². The second-order valence-corrected chi connectivity index (χ2v) is 7.66. The summed E-state index contributed by atoms with van der Waals surface area (Å²) in [6.07, 6.45) is 6.13. The van der Waals surface area contributed by atoms with Crippen molar-refractivity contribution in [2.45, 2.75) is 37.8 Å². The first kappa shape index (κ1) is 17.1. The van der Waals surface area contributed by atoms with Gasteiger partial charge in [0.15, 0.2) is 0 Å². The molecule has 2 aromatic rings. The summed E-state index contributed by atoms with van der Waals surface area (Å²) in [4.78, 5) is 11.1. The van der Waals surface area contributed by atoms with Crippen molar-refractivity contribution in [1.82, 2.24) is 14.9 Å². The molecule has 2 fully saturated rings. The van der Waals surface area contributed by atoms with Gasteiger partial charge in [0.1, 0.15) is 18.0 Å². The first-order valence-corrected chi connectivity index (χ1v) is 9.68. The molecule has 4 rings (SSSR count). The van der Waals surface area contributed by atoms with Crippen LogP contribution in [0.3, 0.4) is 0 Å². The molecule has 0 atom stereocenters. The van der Waals surface area contributed by atoms with Crippen molar-refractivity contribution >= 4 is 32.7 Å². The highest BCUT2D eigenvalue weighted by Gasteiger charge is 2.27. The Hall–Kier alpha value is -1.31. The Morgan fingerprint density at radius 1 is 1.12 bits per heavy atom. The molecule has 25 heavy (non-hydrogen) atoms. The molecule has 7 heteroatoms. The Balaban J connectivity index is 1.43. The Labute approximate surface area is 155 Å². The lowest BCUT2D eigenvalue weighted by Gasteiger charge is -2.39. The van der Waals surface area contributed by atoms with Crippen LogP contribution in [0, 0.1) is 5.82 Å². The van der Waals surface area contributed by atoms with E-state index in [1.54, 1.807) is 6.07 Å². The first-order valence-electron chi connectivity index (χ1n) is 8.89. The number of aromatic nitrogens is 2. The van der Waals surface area contributed by atoms with E-state index in [4.69, 9.17) is 4.74 Å². The van der Waals surface area contributed by atoms with E-state index >= 15 is 0 Å². The van der Waals surface area contributed by atoms with E-state index in [0.29, 0.717) is 22.1 Å². The van der Waals surface area contributed by atoms with Gasteiger partial charge in [-0.3, -0.25) is 4.90 Å². The summed E-state index contributed by atoms with van der Waals surface area (Å²) >= 11 is 3.25. The van der Waals surface area contributed by atoms with Crippen LogP contribution < -0.4 is 5.32 Å². The Bertz CT molecular complexity index is 745. The van der Waals surface area contributed by atoms with Crippen LogP contribution in [0.15, 0.2) is 22.9 Å². The zero-order chi connectivity index (χ0) is 17.2. The zero-order valence-electron chi connectivity index (χ0n) is 14.0. The summed E-state index contributed by atoms with van der Waals surface area (Å²) in [5.41, 5.74) is 0.625. The molecule has 0 bridgehead atoms. The highest BCUT2D eigenvalue weighted by molar-refractivity contribution is 9.10. The van der Waals surface area contributed by atoms with Gasteiger partial charge in [-0.25, -0.2) is 14.4 Å². The number of ether oxygens (including phenoxy) is 1. The number of hydrogen-bond acceptors (Lipinski definition) is 5. The molecule has 1 aromatic carbocycles. The number of halogens is 2. The van der Waals surface area contributed by atoms with E-state index in [1.807, 2.05) is 0 Å². The lowest BCUT2D eigenvalue weighted by molar-refractivity contribution is 0.00791. The Kier molecular flexibility index (Phi) is 5.15. The average molecular weight is 409 g/mol. The van der Waals surface area contributed by atoms with Gasteiger partial charge in [-0.2, -0.15) is 0 Å². The normalized spacial score (nSPS) is 25.2. The van der Waals surface area contributed by atoms with Crippen LogP contribution in [-0.2, 0) is 4.74 Å². The number of fused-ring (bicyclic) bond motifs is 1. The van der Waals surface area contributed by atoms with Crippen molar-refractivity contribution in [3.8, 4) is 0 Å². The summed E-state index contributed by atoms with van der Waals surface area (Å²) in [6.45, 7) is 3.82. The molecule has 2 heterocycles. The fraction of sp³-hybridized carbons (Fsp3) is 0.556. The van der Waals surface area contributed by atoms with Crippen LogP contribution in [0.1, 0.15) is 25.7 Å². The number of nitrogens with zero attached hydrogens (tertiary/aromatic N) is 3. The van der Waals surface area contributed by atoms with Gasteiger partial charge in [0.25, 0.3) is 0 Å². The third-order valence-electron chi connectivity index (χ3n) is 5.28. The van der Waals surface area contributed by atoms with Crippen LogP contribution in [0.5, 0.6) is 0 Å². The van der Waals surface area contributed by atoms with Crippen molar-refractivity contribution < 1.29 is 9.13 Å². The van der Waals surface area contributed by atoms with E-state index in [1.165, 1.54) is 25.2 Å². The van der Waals surface area contributed by atoms with Crippen molar-refractivity contribution in [3.05, 3.63) is 28.7 Å². The predicted octanol–water partition coefficient (Wildman–Crippen LogP) is 3.59. The molecule has 5 nitrogen and oxygen atoms in total. The van der Waals surface area contributed by atoms with Crippen molar-refractivity contribution in [2.24, 2.45) is 0 Å². The average Bonchev–Trinajstić information content (AvgIpc) is 2.65. The standard InChI is InChI=1S/C18H22BrFN4O/c19-15-9-14-17(10-16(15)20)21-11-22-18(14)23-12-1-3-13(4-2-12)24-5-7-25-8-6-24/h9-13H,1-8H2,(H,21,22,23). The van der Waals surface area contributed by atoms with Gasteiger partial charge in [0, 0.05) is 36.6 Å². The summed E-state index contributed by atoms with van der Waals surface area (Å²) in [5, 5.41) is 4.41. The van der Waals surface area contributed by atoms with E-state index < -0.39 is 0 Å². The van der Waals surface area contributed by atoms with Crippen molar-refractivity contribution in [1.29, 1.82) is 0 Å². The van der Waals surface area contributed by atoms with Crippen LogP contribution in [0.2, 0.25) is 0 Å². The van der Waals surface area contributed by atoms with Gasteiger partial charge < -0.3 is 10.1 Å². The van der Waals surface area contributed by atoms with Gasteiger partial charge in [-0.15, -0.1) is 0 Å². The molecule has 2 aliphatic rings. The molecule has 1 N–H and O–H groups in total. The predicted molar refractivity (Wildman–Crippen MR) is 99.3 cm³/mol. The van der Waals surface area contributed by atoms with E-state index in [-0.39, 0.29) is 5.82 Å².